The number of piperidine rings is 1. The largest absolute Gasteiger partial charge is 0.493 e. The molecule has 0 aromatic heterocycles. The van der Waals surface area contributed by atoms with Crippen molar-refractivity contribution in [3.63, 3.8) is 0 Å². The van der Waals surface area contributed by atoms with E-state index in [0.29, 0.717) is 35.9 Å². The Balaban J connectivity index is 1.29. The van der Waals surface area contributed by atoms with E-state index in [9.17, 15) is 9.90 Å². The SMILES string of the molecule is COc1ccc(N2CC(CCN3CCC(O)(c4ccc(Cl)cc4)CC3)OC2=O)cc1OC. The average molecular weight is 461 g/mol. The Morgan fingerprint density at radius 3 is 2.44 bits per heavy atom. The number of carbonyl (C=O) groups is 1. The van der Waals surface area contributed by atoms with Gasteiger partial charge in [0.05, 0.1) is 32.1 Å². The second kappa shape index (κ2) is 9.57. The quantitative estimate of drug-likeness (QED) is 0.672. The molecule has 0 spiro atoms. The van der Waals surface area contributed by atoms with Crippen LogP contribution in [0.2, 0.25) is 5.02 Å². The molecule has 7 nitrogen and oxygen atoms in total. The van der Waals surface area contributed by atoms with Gasteiger partial charge in [0.15, 0.2) is 11.5 Å². The molecule has 1 amide bonds. The maximum atomic E-state index is 12.4. The summed E-state index contributed by atoms with van der Waals surface area (Å²) in [6.07, 6.45) is 1.55. The van der Waals surface area contributed by atoms with E-state index >= 15 is 0 Å². The zero-order chi connectivity index (χ0) is 22.7. The molecule has 0 saturated carbocycles. The fourth-order valence-corrected chi connectivity index (χ4v) is 4.52. The number of rotatable bonds is 7. The maximum Gasteiger partial charge on any atom is 0.414 e. The molecule has 2 fully saturated rings. The normalized spacial score (nSPS) is 20.8. The number of halogens is 1. The summed E-state index contributed by atoms with van der Waals surface area (Å²) in [5.41, 5.74) is 0.823. The molecule has 2 aromatic rings. The predicted octanol–water partition coefficient (Wildman–Crippen LogP) is 4.06. The minimum Gasteiger partial charge on any atom is -0.493 e. The van der Waals surface area contributed by atoms with Gasteiger partial charge in [0.25, 0.3) is 0 Å². The molecule has 2 aliphatic heterocycles. The second-order valence-corrected chi connectivity index (χ2v) is 8.76. The summed E-state index contributed by atoms with van der Waals surface area (Å²) < 4.78 is 16.2. The van der Waals surface area contributed by atoms with E-state index in [4.69, 9.17) is 25.8 Å². The highest BCUT2D eigenvalue weighted by Crippen LogP contribution is 2.35. The minimum atomic E-state index is -0.814. The Bertz CT molecular complexity index is 944. The van der Waals surface area contributed by atoms with E-state index in [-0.39, 0.29) is 12.2 Å². The van der Waals surface area contributed by atoms with Crippen LogP contribution in [0.15, 0.2) is 42.5 Å². The van der Waals surface area contributed by atoms with E-state index in [2.05, 4.69) is 4.90 Å². The molecule has 0 bridgehead atoms. The Labute approximate surface area is 193 Å². The van der Waals surface area contributed by atoms with E-state index in [1.807, 2.05) is 30.3 Å². The van der Waals surface area contributed by atoms with Gasteiger partial charge < -0.3 is 24.2 Å². The molecule has 1 atom stereocenters. The molecular formula is C24H29ClN2O5. The van der Waals surface area contributed by atoms with Crippen molar-refractivity contribution in [3.05, 3.63) is 53.1 Å². The van der Waals surface area contributed by atoms with Crippen molar-refractivity contribution in [2.45, 2.75) is 31.0 Å². The summed E-state index contributed by atoms with van der Waals surface area (Å²) in [6, 6.07) is 12.8. The first-order chi connectivity index (χ1) is 15.4. The summed E-state index contributed by atoms with van der Waals surface area (Å²) in [5, 5.41) is 11.7. The number of cyclic esters (lactones) is 1. The van der Waals surface area contributed by atoms with Crippen molar-refractivity contribution >= 4 is 23.4 Å². The third-order valence-electron chi connectivity index (χ3n) is 6.38. The highest BCUT2D eigenvalue weighted by molar-refractivity contribution is 6.30. The predicted molar refractivity (Wildman–Crippen MR) is 123 cm³/mol. The summed E-state index contributed by atoms with van der Waals surface area (Å²) in [4.78, 5) is 16.4. The first kappa shape index (κ1) is 22.7. The Morgan fingerprint density at radius 2 is 1.78 bits per heavy atom. The number of hydrogen-bond donors (Lipinski definition) is 1. The van der Waals surface area contributed by atoms with Crippen molar-refractivity contribution in [2.24, 2.45) is 0 Å². The van der Waals surface area contributed by atoms with Gasteiger partial charge in [-0.3, -0.25) is 4.90 Å². The first-order valence-corrected chi connectivity index (χ1v) is 11.2. The van der Waals surface area contributed by atoms with Gasteiger partial charge in [-0.1, -0.05) is 23.7 Å². The van der Waals surface area contributed by atoms with Gasteiger partial charge in [-0.05, 0) is 49.1 Å². The smallest absolute Gasteiger partial charge is 0.414 e. The van der Waals surface area contributed by atoms with Crippen LogP contribution in [0.25, 0.3) is 0 Å². The van der Waals surface area contributed by atoms with E-state index in [1.165, 1.54) is 0 Å². The molecule has 8 heteroatoms. The molecule has 2 saturated heterocycles. The zero-order valence-electron chi connectivity index (χ0n) is 18.4. The van der Waals surface area contributed by atoms with Crippen molar-refractivity contribution in [1.29, 1.82) is 0 Å². The lowest BCUT2D eigenvalue weighted by Gasteiger charge is -2.38. The van der Waals surface area contributed by atoms with E-state index in [1.54, 1.807) is 31.3 Å². The van der Waals surface area contributed by atoms with Crippen LogP contribution in [0, 0.1) is 0 Å². The molecule has 1 N–H and O–H groups in total. The Kier molecular flexibility index (Phi) is 6.79. The standard InChI is InChI=1S/C24H29ClN2O5/c1-30-21-8-7-19(15-22(21)31-2)27-16-20(32-23(27)28)9-12-26-13-10-24(29,11-14-26)17-3-5-18(25)6-4-17/h3-8,15,20,29H,9-14,16H2,1-2H3. The van der Waals surface area contributed by atoms with Gasteiger partial charge in [-0.15, -0.1) is 0 Å². The molecule has 0 radical (unpaired) electrons. The molecule has 1 unspecified atom stereocenters. The number of methoxy groups -OCH3 is 2. The minimum absolute atomic E-state index is 0.173. The topological polar surface area (TPSA) is 71.5 Å². The van der Waals surface area contributed by atoms with Crippen LogP contribution >= 0.6 is 11.6 Å². The van der Waals surface area contributed by atoms with E-state index in [0.717, 1.165) is 37.3 Å². The maximum absolute atomic E-state index is 12.4. The van der Waals surface area contributed by atoms with Gasteiger partial charge >= 0.3 is 6.09 Å². The number of amides is 1. The van der Waals surface area contributed by atoms with Gasteiger partial charge in [0.1, 0.15) is 6.10 Å². The molecule has 2 aromatic carbocycles. The lowest BCUT2D eigenvalue weighted by Crippen LogP contribution is -2.43. The van der Waals surface area contributed by atoms with Crippen LogP contribution in [-0.4, -0.2) is 62.6 Å². The van der Waals surface area contributed by atoms with Gasteiger partial charge in [0.2, 0.25) is 0 Å². The summed E-state index contributed by atoms with van der Waals surface area (Å²) in [6.45, 7) is 2.89. The monoisotopic (exact) mass is 460 g/mol. The van der Waals surface area contributed by atoms with Crippen LogP contribution in [0.4, 0.5) is 10.5 Å². The third kappa shape index (κ3) is 4.80. The Hall–Kier alpha value is -2.48. The third-order valence-corrected chi connectivity index (χ3v) is 6.64. The highest BCUT2D eigenvalue weighted by Gasteiger charge is 2.36. The summed E-state index contributed by atoms with van der Waals surface area (Å²) in [5.74, 6) is 1.19. The van der Waals surface area contributed by atoms with Crippen molar-refractivity contribution in [3.8, 4) is 11.5 Å². The lowest BCUT2D eigenvalue weighted by molar-refractivity contribution is -0.0275. The number of benzene rings is 2. The summed E-state index contributed by atoms with van der Waals surface area (Å²) in [7, 11) is 3.15. The number of hydrogen-bond acceptors (Lipinski definition) is 6. The molecule has 2 heterocycles. The molecule has 32 heavy (non-hydrogen) atoms. The molecule has 172 valence electrons. The highest BCUT2D eigenvalue weighted by atomic mass is 35.5. The first-order valence-electron chi connectivity index (χ1n) is 10.8. The number of ether oxygens (including phenoxy) is 3. The number of likely N-dealkylation sites (tertiary alicyclic amines) is 1. The van der Waals surface area contributed by atoms with Gasteiger partial charge in [0, 0.05) is 30.7 Å². The number of anilines is 1. The number of nitrogens with zero attached hydrogens (tertiary/aromatic N) is 2. The fraction of sp³-hybridized carbons (Fsp3) is 0.458. The van der Waals surface area contributed by atoms with Crippen LogP contribution < -0.4 is 14.4 Å². The zero-order valence-corrected chi connectivity index (χ0v) is 19.2. The average Bonchev–Trinajstić information content (AvgIpc) is 3.19. The fourth-order valence-electron chi connectivity index (χ4n) is 4.40. The van der Waals surface area contributed by atoms with E-state index < -0.39 is 5.60 Å². The second-order valence-electron chi connectivity index (χ2n) is 8.32. The molecular weight excluding hydrogens is 432 g/mol. The van der Waals surface area contributed by atoms with Crippen LogP contribution in [0.5, 0.6) is 11.5 Å². The number of aliphatic hydroxyl groups is 1. The molecule has 2 aliphatic rings. The van der Waals surface area contributed by atoms with Crippen molar-refractivity contribution < 1.29 is 24.1 Å². The molecule has 4 rings (SSSR count). The van der Waals surface area contributed by atoms with Crippen LogP contribution in [-0.2, 0) is 10.3 Å². The number of carbonyl (C=O) groups excluding carboxylic acids is 1. The van der Waals surface area contributed by atoms with Crippen LogP contribution in [0.3, 0.4) is 0 Å². The van der Waals surface area contributed by atoms with Crippen molar-refractivity contribution in [2.75, 3.05) is 45.3 Å². The van der Waals surface area contributed by atoms with Crippen molar-refractivity contribution in [1.82, 2.24) is 4.90 Å². The molecule has 0 aliphatic carbocycles. The van der Waals surface area contributed by atoms with Crippen LogP contribution in [0.1, 0.15) is 24.8 Å². The lowest BCUT2D eigenvalue weighted by atomic mass is 9.84. The summed E-state index contributed by atoms with van der Waals surface area (Å²) >= 11 is 5.97. The Morgan fingerprint density at radius 1 is 1.09 bits per heavy atom. The van der Waals surface area contributed by atoms with Gasteiger partial charge in [-0.25, -0.2) is 4.79 Å². The van der Waals surface area contributed by atoms with Gasteiger partial charge in [-0.2, -0.15) is 0 Å².